The highest BCUT2D eigenvalue weighted by Gasteiger charge is 2.45. The van der Waals surface area contributed by atoms with Crippen molar-refractivity contribution in [2.75, 3.05) is 6.61 Å². The van der Waals surface area contributed by atoms with Crippen LogP contribution in [0.25, 0.3) is 0 Å². The Bertz CT molecular complexity index is 585. The van der Waals surface area contributed by atoms with Crippen LogP contribution in [0.1, 0.15) is 59.6 Å². The highest BCUT2D eigenvalue weighted by atomic mass is 28.4. The third-order valence-corrected chi connectivity index (χ3v) is 11.7. The van der Waals surface area contributed by atoms with Crippen molar-refractivity contribution in [3.63, 3.8) is 0 Å². The lowest BCUT2D eigenvalue weighted by molar-refractivity contribution is -0.131. The van der Waals surface area contributed by atoms with Gasteiger partial charge in [-0.2, -0.15) is 0 Å². The van der Waals surface area contributed by atoms with Gasteiger partial charge < -0.3 is 9.16 Å². The molecule has 2 atom stereocenters. The Morgan fingerprint density at radius 3 is 2.12 bits per heavy atom. The molecule has 0 saturated heterocycles. The SMILES string of the molecule is CC(C)[Si](OCC[C@H]1O[C@H](c2ccccc2)C=CC1=O)(C(C)C)C(C)C. The van der Waals surface area contributed by atoms with Crippen molar-refractivity contribution in [1.82, 2.24) is 0 Å². The lowest BCUT2D eigenvalue weighted by Crippen LogP contribution is -2.48. The quantitative estimate of drug-likeness (QED) is 0.537. The molecule has 144 valence electrons. The minimum atomic E-state index is -1.90. The predicted molar refractivity (Wildman–Crippen MR) is 110 cm³/mol. The largest absolute Gasteiger partial charge is 0.416 e. The van der Waals surface area contributed by atoms with Gasteiger partial charge in [0, 0.05) is 13.0 Å². The van der Waals surface area contributed by atoms with Crippen molar-refractivity contribution >= 4 is 14.1 Å². The molecule has 0 bridgehead atoms. The fourth-order valence-electron chi connectivity index (χ4n) is 4.46. The Hall–Kier alpha value is -1.23. The standard InChI is InChI=1S/C22H34O3Si/c1-16(2)26(17(3)4,18(5)6)24-15-14-22-20(23)12-13-21(25-22)19-10-8-7-9-11-19/h7-13,16-18,21-22H,14-15H2,1-6H3/t21-,22+/m0/s1. The first-order valence-electron chi connectivity index (χ1n) is 9.85. The maximum Gasteiger partial charge on any atom is 0.200 e. The summed E-state index contributed by atoms with van der Waals surface area (Å²) in [5.41, 5.74) is 2.71. The van der Waals surface area contributed by atoms with Gasteiger partial charge in [0.25, 0.3) is 0 Å². The van der Waals surface area contributed by atoms with Crippen molar-refractivity contribution in [2.45, 2.75) is 76.8 Å². The number of ketones is 1. The second-order valence-corrected chi connectivity index (χ2v) is 13.6. The zero-order valence-electron chi connectivity index (χ0n) is 17.1. The van der Waals surface area contributed by atoms with Gasteiger partial charge in [-0.05, 0) is 34.3 Å². The van der Waals surface area contributed by atoms with E-state index in [0.29, 0.717) is 29.7 Å². The molecule has 4 heteroatoms. The zero-order valence-corrected chi connectivity index (χ0v) is 18.1. The molecule has 26 heavy (non-hydrogen) atoms. The van der Waals surface area contributed by atoms with Crippen molar-refractivity contribution in [3.8, 4) is 0 Å². The van der Waals surface area contributed by atoms with Crippen LogP contribution in [0.2, 0.25) is 16.6 Å². The number of ether oxygens (including phenoxy) is 1. The maximum atomic E-state index is 12.3. The third kappa shape index (κ3) is 4.54. The van der Waals surface area contributed by atoms with Gasteiger partial charge in [0.2, 0.25) is 0 Å². The summed E-state index contributed by atoms with van der Waals surface area (Å²) in [4.78, 5) is 12.3. The molecule has 2 rings (SSSR count). The summed E-state index contributed by atoms with van der Waals surface area (Å²) >= 11 is 0. The van der Waals surface area contributed by atoms with E-state index in [-0.39, 0.29) is 11.9 Å². The minimum absolute atomic E-state index is 0.0479. The molecule has 0 amide bonds. The van der Waals surface area contributed by atoms with E-state index in [1.807, 2.05) is 36.4 Å². The van der Waals surface area contributed by atoms with Crippen LogP contribution in [0, 0.1) is 0 Å². The molecule has 0 aliphatic carbocycles. The summed E-state index contributed by atoms with van der Waals surface area (Å²) in [5, 5.41) is 0. The first-order chi connectivity index (χ1) is 12.3. The Labute approximate surface area is 159 Å². The van der Waals surface area contributed by atoms with Gasteiger partial charge >= 0.3 is 0 Å². The number of hydrogen-bond acceptors (Lipinski definition) is 3. The summed E-state index contributed by atoms with van der Waals surface area (Å²) in [7, 11) is -1.90. The van der Waals surface area contributed by atoms with Gasteiger partial charge in [-0.3, -0.25) is 4.79 Å². The normalized spacial score (nSPS) is 21.2. The zero-order chi connectivity index (χ0) is 19.3. The predicted octanol–water partition coefficient (Wildman–Crippen LogP) is 5.83. The van der Waals surface area contributed by atoms with Crippen molar-refractivity contribution in [3.05, 3.63) is 48.0 Å². The van der Waals surface area contributed by atoms with E-state index >= 15 is 0 Å². The number of carbonyl (C=O) groups excluding carboxylic acids is 1. The highest BCUT2D eigenvalue weighted by molar-refractivity contribution is 6.77. The maximum absolute atomic E-state index is 12.3. The van der Waals surface area contributed by atoms with Crippen LogP contribution in [0.5, 0.6) is 0 Å². The molecule has 1 aliphatic heterocycles. The fourth-order valence-corrected chi connectivity index (χ4v) is 9.94. The number of rotatable bonds is 8. The molecule has 0 unspecified atom stereocenters. The fraction of sp³-hybridized carbons (Fsp3) is 0.591. The third-order valence-electron chi connectivity index (χ3n) is 5.63. The van der Waals surface area contributed by atoms with Gasteiger partial charge in [-0.1, -0.05) is 71.9 Å². The second-order valence-electron chi connectivity index (χ2n) is 8.17. The average Bonchev–Trinajstić information content (AvgIpc) is 2.60. The molecule has 0 radical (unpaired) electrons. The van der Waals surface area contributed by atoms with Crippen LogP contribution in [-0.2, 0) is 14.0 Å². The number of hydrogen-bond donors (Lipinski definition) is 0. The van der Waals surface area contributed by atoms with Crippen LogP contribution >= 0.6 is 0 Å². The summed E-state index contributed by atoms with van der Waals surface area (Å²) < 4.78 is 12.7. The molecule has 0 N–H and O–H groups in total. The second kappa shape index (κ2) is 9.11. The lowest BCUT2D eigenvalue weighted by atomic mass is 10.0. The van der Waals surface area contributed by atoms with E-state index in [0.717, 1.165) is 5.56 Å². The molecule has 3 nitrogen and oxygen atoms in total. The van der Waals surface area contributed by atoms with E-state index in [2.05, 4.69) is 41.5 Å². The Balaban J connectivity index is 2.02. The van der Waals surface area contributed by atoms with Crippen LogP contribution in [0.4, 0.5) is 0 Å². The van der Waals surface area contributed by atoms with Crippen molar-refractivity contribution in [2.24, 2.45) is 0 Å². The molecule has 0 spiro atoms. The van der Waals surface area contributed by atoms with Crippen molar-refractivity contribution < 1.29 is 14.0 Å². The van der Waals surface area contributed by atoms with Crippen LogP contribution < -0.4 is 0 Å². The van der Waals surface area contributed by atoms with E-state index in [1.54, 1.807) is 6.08 Å². The van der Waals surface area contributed by atoms with Gasteiger partial charge in [-0.25, -0.2) is 0 Å². The molecule has 1 heterocycles. The highest BCUT2D eigenvalue weighted by Crippen LogP contribution is 2.42. The van der Waals surface area contributed by atoms with Crippen molar-refractivity contribution in [1.29, 1.82) is 0 Å². The smallest absolute Gasteiger partial charge is 0.200 e. The Morgan fingerprint density at radius 2 is 1.58 bits per heavy atom. The first-order valence-corrected chi connectivity index (χ1v) is 12.0. The summed E-state index contributed by atoms with van der Waals surface area (Å²) in [5.74, 6) is 0.0479. The van der Waals surface area contributed by atoms with Gasteiger partial charge in [0.1, 0.15) is 12.2 Å². The van der Waals surface area contributed by atoms with E-state index in [4.69, 9.17) is 9.16 Å². The number of carbonyl (C=O) groups is 1. The summed E-state index contributed by atoms with van der Waals surface area (Å²) in [6.45, 7) is 14.3. The lowest BCUT2D eigenvalue weighted by Gasteiger charge is -2.42. The summed E-state index contributed by atoms with van der Waals surface area (Å²) in [6.07, 6.45) is 3.58. The molecule has 0 aromatic heterocycles. The van der Waals surface area contributed by atoms with Crippen LogP contribution in [-0.4, -0.2) is 26.8 Å². The van der Waals surface area contributed by atoms with Crippen LogP contribution in [0.15, 0.2) is 42.5 Å². The molecular formula is C22H34O3Si. The molecule has 0 saturated carbocycles. The van der Waals surface area contributed by atoms with Gasteiger partial charge in [0.05, 0.1) is 0 Å². The monoisotopic (exact) mass is 374 g/mol. The van der Waals surface area contributed by atoms with Crippen LogP contribution in [0.3, 0.4) is 0 Å². The van der Waals surface area contributed by atoms with E-state index < -0.39 is 14.4 Å². The van der Waals surface area contributed by atoms with E-state index in [9.17, 15) is 4.79 Å². The topological polar surface area (TPSA) is 35.5 Å². The molecule has 1 aromatic rings. The van der Waals surface area contributed by atoms with Gasteiger partial charge in [-0.15, -0.1) is 0 Å². The Morgan fingerprint density at radius 1 is 1.00 bits per heavy atom. The summed E-state index contributed by atoms with van der Waals surface area (Å²) in [6, 6.07) is 10.0. The van der Waals surface area contributed by atoms with Gasteiger partial charge in [0.15, 0.2) is 14.1 Å². The Kier molecular flexibility index (Phi) is 7.39. The molecule has 1 aliphatic rings. The minimum Gasteiger partial charge on any atom is -0.416 e. The molecular weight excluding hydrogens is 340 g/mol. The van der Waals surface area contributed by atoms with E-state index in [1.165, 1.54) is 0 Å². The average molecular weight is 375 g/mol. The first kappa shape index (κ1) is 21.1. The molecule has 1 aromatic carbocycles. The number of benzene rings is 1. The molecule has 0 fully saturated rings.